The summed E-state index contributed by atoms with van der Waals surface area (Å²) in [4.78, 5) is 0. The molecule has 1 N–H and O–H groups in total. The minimum atomic E-state index is 0.469. The third-order valence-electron chi connectivity index (χ3n) is 5.01. The Labute approximate surface area is 129 Å². The molecule has 0 amide bonds. The lowest BCUT2D eigenvalue weighted by Gasteiger charge is -2.35. The molecule has 0 heterocycles. The minimum Gasteiger partial charge on any atom is -0.310 e. The van der Waals surface area contributed by atoms with Gasteiger partial charge in [-0.2, -0.15) is 0 Å². The fourth-order valence-electron chi connectivity index (χ4n) is 3.64. The molecule has 112 valence electrons. The average molecular weight is 294 g/mol. The molecule has 0 bridgehead atoms. The molecule has 0 aliphatic heterocycles. The Morgan fingerprint density at radius 2 is 1.90 bits per heavy atom. The van der Waals surface area contributed by atoms with Crippen LogP contribution in [0, 0.1) is 18.8 Å². The molecular formula is C18H28ClN. The molecule has 0 aromatic heterocycles. The highest BCUT2D eigenvalue weighted by Gasteiger charge is 2.28. The molecular weight excluding hydrogens is 266 g/mol. The molecule has 1 aromatic carbocycles. The third kappa shape index (κ3) is 3.56. The van der Waals surface area contributed by atoms with Gasteiger partial charge in [0.1, 0.15) is 0 Å². The summed E-state index contributed by atoms with van der Waals surface area (Å²) < 4.78 is 0. The SMILES string of the molecule is CCNC(c1cccc(Cl)c1C)C1CCC(CC)CC1. The van der Waals surface area contributed by atoms with Crippen LogP contribution in [-0.4, -0.2) is 6.54 Å². The van der Waals surface area contributed by atoms with Gasteiger partial charge < -0.3 is 5.32 Å². The maximum Gasteiger partial charge on any atom is 0.0438 e. The number of nitrogens with one attached hydrogen (secondary N) is 1. The van der Waals surface area contributed by atoms with Crippen LogP contribution in [0.15, 0.2) is 18.2 Å². The molecule has 1 aliphatic carbocycles. The summed E-state index contributed by atoms with van der Waals surface area (Å²) in [5.74, 6) is 1.71. The first-order chi connectivity index (χ1) is 9.67. The monoisotopic (exact) mass is 293 g/mol. The van der Waals surface area contributed by atoms with E-state index in [0.29, 0.717) is 6.04 Å². The number of benzene rings is 1. The van der Waals surface area contributed by atoms with E-state index in [1.807, 2.05) is 6.07 Å². The van der Waals surface area contributed by atoms with Gasteiger partial charge in [-0.3, -0.25) is 0 Å². The van der Waals surface area contributed by atoms with Gasteiger partial charge in [0.2, 0.25) is 0 Å². The summed E-state index contributed by atoms with van der Waals surface area (Å²) in [6.45, 7) is 7.70. The zero-order valence-electron chi connectivity index (χ0n) is 13.1. The Kier molecular flexibility index (Phi) is 5.92. The van der Waals surface area contributed by atoms with Gasteiger partial charge in [0.15, 0.2) is 0 Å². The molecule has 2 heteroatoms. The summed E-state index contributed by atoms with van der Waals surface area (Å²) in [5, 5.41) is 4.61. The van der Waals surface area contributed by atoms with Crippen LogP contribution in [0.1, 0.15) is 63.1 Å². The Hall–Kier alpha value is -0.530. The first kappa shape index (κ1) is 15.9. The van der Waals surface area contributed by atoms with Crippen LogP contribution in [0.5, 0.6) is 0 Å². The number of rotatable bonds is 5. The molecule has 0 spiro atoms. The van der Waals surface area contributed by atoms with E-state index in [4.69, 9.17) is 11.6 Å². The van der Waals surface area contributed by atoms with Crippen molar-refractivity contribution in [2.75, 3.05) is 6.54 Å². The first-order valence-electron chi connectivity index (χ1n) is 8.15. The first-order valence-corrected chi connectivity index (χ1v) is 8.53. The lowest BCUT2D eigenvalue weighted by Crippen LogP contribution is -2.31. The van der Waals surface area contributed by atoms with Crippen LogP contribution < -0.4 is 5.32 Å². The summed E-state index contributed by atoms with van der Waals surface area (Å²) in [6, 6.07) is 6.81. The van der Waals surface area contributed by atoms with Crippen molar-refractivity contribution in [1.29, 1.82) is 0 Å². The zero-order chi connectivity index (χ0) is 14.5. The third-order valence-corrected chi connectivity index (χ3v) is 5.42. The highest BCUT2D eigenvalue weighted by Crippen LogP contribution is 2.39. The predicted molar refractivity (Wildman–Crippen MR) is 88.3 cm³/mol. The molecule has 1 atom stereocenters. The zero-order valence-corrected chi connectivity index (χ0v) is 13.8. The number of halogens is 1. The molecule has 1 saturated carbocycles. The predicted octanol–water partition coefficient (Wildman–Crippen LogP) is 5.52. The largest absolute Gasteiger partial charge is 0.310 e. The summed E-state index contributed by atoms with van der Waals surface area (Å²) in [6.07, 6.45) is 6.82. The van der Waals surface area contributed by atoms with Crippen molar-refractivity contribution in [1.82, 2.24) is 5.32 Å². The maximum absolute atomic E-state index is 6.31. The van der Waals surface area contributed by atoms with Crippen molar-refractivity contribution >= 4 is 11.6 Å². The fraction of sp³-hybridized carbons (Fsp3) is 0.667. The van der Waals surface area contributed by atoms with E-state index in [-0.39, 0.29) is 0 Å². The molecule has 20 heavy (non-hydrogen) atoms. The summed E-state index contributed by atoms with van der Waals surface area (Å²) >= 11 is 6.31. The van der Waals surface area contributed by atoms with Crippen LogP contribution in [0.3, 0.4) is 0 Å². The Morgan fingerprint density at radius 3 is 2.50 bits per heavy atom. The van der Waals surface area contributed by atoms with Crippen molar-refractivity contribution in [3.8, 4) is 0 Å². The van der Waals surface area contributed by atoms with Crippen molar-refractivity contribution in [2.24, 2.45) is 11.8 Å². The van der Waals surface area contributed by atoms with Crippen LogP contribution in [0.2, 0.25) is 5.02 Å². The van der Waals surface area contributed by atoms with Crippen LogP contribution in [-0.2, 0) is 0 Å². The molecule has 1 aromatic rings. The molecule has 0 saturated heterocycles. The molecule has 1 aliphatic rings. The second kappa shape index (κ2) is 7.47. The number of hydrogen-bond donors (Lipinski definition) is 1. The topological polar surface area (TPSA) is 12.0 Å². The Morgan fingerprint density at radius 1 is 1.20 bits per heavy atom. The lowest BCUT2D eigenvalue weighted by molar-refractivity contribution is 0.220. The van der Waals surface area contributed by atoms with Gasteiger partial charge >= 0.3 is 0 Å². The van der Waals surface area contributed by atoms with Gasteiger partial charge in [-0.15, -0.1) is 0 Å². The minimum absolute atomic E-state index is 0.469. The van der Waals surface area contributed by atoms with E-state index >= 15 is 0 Å². The standard InChI is InChI=1S/C18H28ClN/c1-4-14-9-11-15(12-10-14)18(20-5-2)16-7-6-8-17(19)13(16)3/h6-8,14-15,18,20H,4-5,9-12H2,1-3H3. The summed E-state index contributed by atoms with van der Waals surface area (Å²) in [5.41, 5.74) is 2.65. The lowest BCUT2D eigenvalue weighted by atomic mass is 9.75. The maximum atomic E-state index is 6.31. The van der Waals surface area contributed by atoms with Crippen LogP contribution in [0.25, 0.3) is 0 Å². The van der Waals surface area contributed by atoms with Crippen molar-refractivity contribution in [3.63, 3.8) is 0 Å². The van der Waals surface area contributed by atoms with E-state index in [9.17, 15) is 0 Å². The van der Waals surface area contributed by atoms with E-state index in [1.165, 1.54) is 43.2 Å². The van der Waals surface area contributed by atoms with Gasteiger partial charge in [0.25, 0.3) is 0 Å². The van der Waals surface area contributed by atoms with Gasteiger partial charge in [0.05, 0.1) is 0 Å². The van der Waals surface area contributed by atoms with Crippen LogP contribution >= 0.6 is 11.6 Å². The van der Waals surface area contributed by atoms with Crippen molar-refractivity contribution < 1.29 is 0 Å². The Bertz CT molecular complexity index is 421. The fourth-order valence-corrected chi connectivity index (χ4v) is 3.82. The molecule has 1 nitrogen and oxygen atoms in total. The number of hydrogen-bond acceptors (Lipinski definition) is 1. The average Bonchev–Trinajstić information content (AvgIpc) is 2.48. The quantitative estimate of drug-likeness (QED) is 0.754. The van der Waals surface area contributed by atoms with Gasteiger partial charge in [-0.25, -0.2) is 0 Å². The van der Waals surface area contributed by atoms with Crippen molar-refractivity contribution in [3.05, 3.63) is 34.3 Å². The smallest absolute Gasteiger partial charge is 0.0438 e. The normalized spacial score (nSPS) is 24.6. The van der Waals surface area contributed by atoms with E-state index in [0.717, 1.165) is 23.4 Å². The van der Waals surface area contributed by atoms with Crippen molar-refractivity contribution in [2.45, 2.75) is 58.9 Å². The van der Waals surface area contributed by atoms with E-state index in [1.54, 1.807) is 0 Å². The van der Waals surface area contributed by atoms with E-state index < -0.39 is 0 Å². The highest BCUT2D eigenvalue weighted by atomic mass is 35.5. The second-order valence-electron chi connectivity index (χ2n) is 6.18. The van der Waals surface area contributed by atoms with Gasteiger partial charge in [0, 0.05) is 11.1 Å². The highest BCUT2D eigenvalue weighted by molar-refractivity contribution is 6.31. The van der Waals surface area contributed by atoms with E-state index in [2.05, 4.69) is 38.2 Å². The summed E-state index contributed by atoms with van der Waals surface area (Å²) in [7, 11) is 0. The second-order valence-corrected chi connectivity index (χ2v) is 6.59. The Balaban J connectivity index is 2.17. The molecule has 2 rings (SSSR count). The molecule has 1 fully saturated rings. The van der Waals surface area contributed by atoms with Gasteiger partial charge in [-0.05, 0) is 55.3 Å². The molecule has 0 radical (unpaired) electrons. The molecule has 1 unspecified atom stereocenters. The van der Waals surface area contributed by atoms with Gasteiger partial charge in [-0.1, -0.05) is 56.8 Å². The van der Waals surface area contributed by atoms with Crippen LogP contribution in [0.4, 0.5) is 0 Å².